The summed E-state index contributed by atoms with van der Waals surface area (Å²) >= 11 is 0. The molecule has 0 atom stereocenters. The lowest BCUT2D eigenvalue weighted by molar-refractivity contribution is 0.456. The van der Waals surface area contributed by atoms with E-state index in [0.717, 1.165) is 42.8 Å². The minimum Gasteiger partial charge on any atom is -0.423 e. The Kier molecular flexibility index (Phi) is 2.98. The van der Waals surface area contributed by atoms with Crippen LogP contribution in [0, 0.1) is 0 Å². The highest BCUT2D eigenvalue weighted by Gasteiger charge is 2.33. The number of likely N-dealkylation sites (N-methyl/N-ethyl adjacent to an activating group) is 1. The van der Waals surface area contributed by atoms with Crippen LogP contribution in [0.15, 0.2) is 34.7 Å². The summed E-state index contributed by atoms with van der Waals surface area (Å²) in [5.41, 5.74) is 4.29. The number of hydrogen-bond acceptors (Lipinski definition) is 6. The van der Waals surface area contributed by atoms with E-state index in [1.807, 2.05) is 31.3 Å². The number of nitrogens with zero attached hydrogens (tertiary/aromatic N) is 5. The predicted octanol–water partition coefficient (Wildman–Crippen LogP) is 2.43. The average molecular weight is 321 g/mol. The van der Waals surface area contributed by atoms with Crippen molar-refractivity contribution in [3.63, 3.8) is 0 Å². The third kappa shape index (κ3) is 2.13. The maximum Gasteiger partial charge on any atom is 0.298 e. The van der Waals surface area contributed by atoms with Crippen molar-refractivity contribution in [3.05, 3.63) is 41.6 Å². The molecule has 1 aliphatic carbocycles. The molecule has 6 nitrogen and oxygen atoms in total. The topological polar surface area (TPSA) is 58.3 Å². The second-order valence-electron chi connectivity index (χ2n) is 6.66. The standard InChI is InChI=1S/C18H19N5O/c1-22(18-19-15-6-2-3-8-16(15)24-18)13-10-23(11-13)17-9-12-5-4-7-14(12)20-21-17/h2-3,6,8-9,13H,4-5,7,10-11H2,1H3. The van der Waals surface area contributed by atoms with Crippen molar-refractivity contribution >= 4 is 22.9 Å². The van der Waals surface area contributed by atoms with Crippen LogP contribution in [0.3, 0.4) is 0 Å². The summed E-state index contributed by atoms with van der Waals surface area (Å²) in [5, 5.41) is 8.77. The second-order valence-corrected chi connectivity index (χ2v) is 6.66. The Morgan fingerprint density at radius 1 is 1.17 bits per heavy atom. The second kappa shape index (κ2) is 5.19. The zero-order valence-corrected chi connectivity index (χ0v) is 13.6. The lowest BCUT2D eigenvalue weighted by Crippen LogP contribution is -2.59. The number of fused-ring (bicyclic) bond motifs is 2. The average Bonchev–Trinajstić information content (AvgIpc) is 3.19. The Balaban J connectivity index is 1.30. The van der Waals surface area contributed by atoms with Gasteiger partial charge in [0.2, 0.25) is 0 Å². The molecule has 2 aromatic heterocycles. The van der Waals surface area contributed by atoms with Crippen molar-refractivity contribution in [1.29, 1.82) is 0 Å². The largest absolute Gasteiger partial charge is 0.423 e. The van der Waals surface area contributed by atoms with Crippen molar-refractivity contribution in [3.8, 4) is 0 Å². The van der Waals surface area contributed by atoms with Crippen molar-refractivity contribution in [2.75, 3.05) is 29.9 Å². The number of aryl methyl sites for hydroxylation is 2. The molecule has 0 amide bonds. The number of rotatable bonds is 3. The molecule has 0 unspecified atom stereocenters. The van der Waals surface area contributed by atoms with E-state index < -0.39 is 0 Å². The van der Waals surface area contributed by atoms with Gasteiger partial charge in [-0.25, -0.2) is 0 Å². The van der Waals surface area contributed by atoms with Crippen LogP contribution in [0.2, 0.25) is 0 Å². The fraction of sp³-hybridized carbons (Fsp3) is 0.389. The molecular weight excluding hydrogens is 302 g/mol. The van der Waals surface area contributed by atoms with Gasteiger partial charge >= 0.3 is 0 Å². The summed E-state index contributed by atoms with van der Waals surface area (Å²) in [4.78, 5) is 8.97. The van der Waals surface area contributed by atoms with Crippen molar-refractivity contribution in [2.24, 2.45) is 0 Å². The van der Waals surface area contributed by atoms with E-state index in [0.29, 0.717) is 12.1 Å². The molecule has 3 heterocycles. The van der Waals surface area contributed by atoms with Crippen LogP contribution in [-0.2, 0) is 12.8 Å². The molecule has 1 fully saturated rings. The van der Waals surface area contributed by atoms with Gasteiger partial charge in [0.05, 0.1) is 11.7 Å². The van der Waals surface area contributed by atoms with Crippen LogP contribution in [0.4, 0.5) is 11.8 Å². The number of para-hydroxylation sites is 2. The Bertz CT molecular complexity index is 866. The summed E-state index contributed by atoms with van der Waals surface area (Å²) in [6.07, 6.45) is 3.42. The molecular formula is C18H19N5O. The monoisotopic (exact) mass is 321 g/mol. The van der Waals surface area contributed by atoms with Gasteiger partial charge in [0.25, 0.3) is 6.01 Å². The van der Waals surface area contributed by atoms with Crippen LogP contribution in [0.1, 0.15) is 17.7 Å². The van der Waals surface area contributed by atoms with Gasteiger partial charge in [-0.3, -0.25) is 0 Å². The van der Waals surface area contributed by atoms with Gasteiger partial charge in [-0.1, -0.05) is 12.1 Å². The highest BCUT2D eigenvalue weighted by atomic mass is 16.4. The van der Waals surface area contributed by atoms with E-state index >= 15 is 0 Å². The van der Waals surface area contributed by atoms with Crippen molar-refractivity contribution in [2.45, 2.75) is 25.3 Å². The SMILES string of the molecule is CN(c1nc2ccccc2o1)C1CN(c2cc3c(nn2)CCC3)C1. The number of oxazole rings is 1. The quantitative estimate of drug-likeness (QED) is 0.738. The van der Waals surface area contributed by atoms with Gasteiger partial charge in [-0.15, -0.1) is 5.10 Å². The fourth-order valence-electron chi connectivity index (χ4n) is 3.53. The lowest BCUT2D eigenvalue weighted by atomic mass is 10.1. The zero-order chi connectivity index (χ0) is 16.1. The van der Waals surface area contributed by atoms with E-state index in [1.165, 1.54) is 17.7 Å². The number of aromatic nitrogens is 3. The highest BCUT2D eigenvalue weighted by Crippen LogP contribution is 2.29. The molecule has 0 saturated carbocycles. The van der Waals surface area contributed by atoms with Gasteiger partial charge in [-0.05, 0) is 43.0 Å². The van der Waals surface area contributed by atoms with Crippen molar-refractivity contribution in [1.82, 2.24) is 15.2 Å². The van der Waals surface area contributed by atoms with E-state index in [2.05, 4.69) is 31.0 Å². The molecule has 0 N–H and O–H groups in total. The molecule has 0 bridgehead atoms. The van der Waals surface area contributed by atoms with Crippen LogP contribution < -0.4 is 9.80 Å². The molecule has 3 aromatic rings. The Labute approximate surface area is 140 Å². The smallest absolute Gasteiger partial charge is 0.298 e. The minimum atomic E-state index is 0.383. The molecule has 0 radical (unpaired) electrons. The molecule has 1 saturated heterocycles. The van der Waals surface area contributed by atoms with E-state index in [1.54, 1.807) is 0 Å². The molecule has 2 aliphatic rings. The number of anilines is 2. The maximum absolute atomic E-state index is 5.86. The first kappa shape index (κ1) is 13.8. The summed E-state index contributed by atoms with van der Waals surface area (Å²) < 4.78 is 5.86. The summed E-state index contributed by atoms with van der Waals surface area (Å²) in [6, 6.07) is 11.1. The first-order valence-electron chi connectivity index (χ1n) is 8.47. The third-order valence-electron chi connectivity index (χ3n) is 5.13. The molecule has 6 heteroatoms. The first-order valence-corrected chi connectivity index (χ1v) is 8.47. The van der Waals surface area contributed by atoms with Gasteiger partial charge in [0.15, 0.2) is 11.4 Å². The zero-order valence-electron chi connectivity index (χ0n) is 13.6. The summed E-state index contributed by atoms with van der Waals surface area (Å²) in [5.74, 6) is 0.998. The normalized spacial score (nSPS) is 17.1. The molecule has 5 rings (SSSR count). The van der Waals surface area contributed by atoms with Crippen LogP contribution in [0.25, 0.3) is 11.1 Å². The van der Waals surface area contributed by atoms with E-state index in [9.17, 15) is 0 Å². The van der Waals surface area contributed by atoms with Gasteiger partial charge < -0.3 is 14.2 Å². The minimum absolute atomic E-state index is 0.383. The number of hydrogen-bond donors (Lipinski definition) is 0. The van der Waals surface area contributed by atoms with E-state index in [-0.39, 0.29) is 0 Å². The van der Waals surface area contributed by atoms with E-state index in [4.69, 9.17) is 4.42 Å². The number of benzene rings is 1. The molecule has 0 spiro atoms. The molecule has 1 aliphatic heterocycles. The summed E-state index contributed by atoms with van der Waals surface area (Å²) in [6.45, 7) is 1.84. The van der Waals surface area contributed by atoms with Gasteiger partial charge in [-0.2, -0.15) is 10.1 Å². The Morgan fingerprint density at radius 2 is 2.04 bits per heavy atom. The first-order chi connectivity index (χ1) is 11.8. The third-order valence-corrected chi connectivity index (χ3v) is 5.13. The predicted molar refractivity (Wildman–Crippen MR) is 92.5 cm³/mol. The van der Waals surface area contributed by atoms with Crippen LogP contribution in [-0.4, -0.2) is 41.4 Å². The Morgan fingerprint density at radius 3 is 2.92 bits per heavy atom. The molecule has 1 aromatic carbocycles. The van der Waals surface area contributed by atoms with Crippen LogP contribution >= 0.6 is 0 Å². The summed E-state index contributed by atoms with van der Waals surface area (Å²) in [7, 11) is 2.04. The fourth-order valence-corrected chi connectivity index (χ4v) is 3.53. The Hall–Kier alpha value is -2.63. The van der Waals surface area contributed by atoms with Crippen molar-refractivity contribution < 1.29 is 4.42 Å². The van der Waals surface area contributed by atoms with Gasteiger partial charge in [0, 0.05) is 20.1 Å². The highest BCUT2D eigenvalue weighted by molar-refractivity contribution is 5.74. The van der Waals surface area contributed by atoms with Gasteiger partial charge in [0.1, 0.15) is 5.52 Å². The molecule has 122 valence electrons. The van der Waals surface area contributed by atoms with Crippen LogP contribution in [0.5, 0.6) is 0 Å². The maximum atomic E-state index is 5.86. The lowest BCUT2D eigenvalue weighted by Gasteiger charge is -2.43. The molecule has 24 heavy (non-hydrogen) atoms.